The van der Waals surface area contributed by atoms with E-state index in [-0.39, 0.29) is 18.0 Å². The average Bonchev–Trinajstić information content (AvgIpc) is 2.72. The van der Waals surface area contributed by atoms with E-state index >= 15 is 0 Å². The number of fused-ring (bicyclic) bond motifs is 1. The number of carbonyl (C=O) groups excluding carboxylic acids is 1. The number of rotatable bonds is 4. The van der Waals surface area contributed by atoms with Crippen molar-refractivity contribution in [2.75, 3.05) is 4.90 Å². The van der Waals surface area contributed by atoms with Crippen LogP contribution in [-0.4, -0.2) is 10.9 Å². The van der Waals surface area contributed by atoms with Crippen LogP contribution in [0.5, 0.6) is 0 Å². The summed E-state index contributed by atoms with van der Waals surface area (Å²) >= 11 is 0. The number of nitrogens with zero attached hydrogens (tertiary/aromatic N) is 1. The fourth-order valence-corrected chi connectivity index (χ4v) is 3.73. The number of benzene rings is 3. The second-order valence-electron chi connectivity index (χ2n) is 7.76. The Morgan fingerprint density at radius 1 is 0.867 bits per heavy atom. The lowest BCUT2D eigenvalue weighted by Gasteiger charge is -2.23. The van der Waals surface area contributed by atoms with Gasteiger partial charge in [-0.2, -0.15) is 0 Å². The molecule has 4 rings (SSSR count). The number of para-hydroxylation sites is 1. The molecule has 3 aromatic carbocycles. The van der Waals surface area contributed by atoms with Crippen molar-refractivity contribution in [1.82, 2.24) is 4.98 Å². The maximum atomic E-state index is 13.5. The first kappa shape index (κ1) is 19.6. The number of aryl methyl sites for hydroxylation is 3. The van der Waals surface area contributed by atoms with Crippen molar-refractivity contribution < 1.29 is 4.79 Å². The van der Waals surface area contributed by atoms with Crippen LogP contribution in [0.4, 0.5) is 5.69 Å². The monoisotopic (exact) mass is 396 g/mol. The highest BCUT2D eigenvalue weighted by atomic mass is 16.2. The molecule has 4 heteroatoms. The molecule has 0 fully saturated rings. The first-order valence-corrected chi connectivity index (χ1v) is 9.99. The van der Waals surface area contributed by atoms with E-state index < -0.39 is 0 Å². The molecule has 0 saturated heterocycles. The Morgan fingerprint density at radius 2 is 1.57 bits per heavy atom. The number of amides is 1. The Hall–Kier alpha value is -3.66. The Bertz CT molecular complexity index is 1300. The minimum absolute atomic E-state index is 0.131. The molecule has 0 aliphatic heterocycles. The Morgan fingerprint density at radius 3 is 2.30 bits per heavy atom. The number of carbonyl (C=O) groups is 1. The normalized spacial score (nSPS) is 10.9. The zero-order chi connectivity index (χ0) is 21.3. The molecule has 0 bridgehead atoms. The van der Waals surface area contributed by atoms with Crippen molar-refractivity contribution in [1.29, 1.82) is 0 Å². The van der Waals surface area contributed by atoms with Gasteiger partial charge in [-0.3, -0.25) is 9.59 Å². The van der Waals surface area contributed by atoms with Gasteiger partial charge in [0, 0.05) is 16.8 Å². The second-order valence-corrected chi connectivity index (χ2v) is 7.76. The summed E-state index contributed by atoms with van der Waals surface area (Å²) < 4.78 is 0. The molecule has 0 aliphatic rings. The molecule has 0 spiro atoms. The molecule has 0 aliphatic carbocycles. The number of aromatic amines is 1. The number of nitrogens with one attached hydrogen (secondary N) is 1. The van der Waals surface area contributed by atoms with Crippen molar-refractivity contribution in [3.63, 3.8) is 0 Å². The molecule has 30 heavy (non-hydrogen) atoms. The molecule has 150 valence electrons. The fourth-order valence-electron chi connectivity index (χ4n) is 3.73. The van der Waals surface area contributed by atoms with Crippen LogP contribution >= 0.6 is 0 Å². The maximum absolute atomic E-state index is 13.5. The number of aromatic nitrogens is 1. The van der Waals surface area contributed by atoms with Gasteiger partial charge in [-0.25, -0.2) is 0 Å². The van der Waals surface area contributed by atoms with Crippen molar-refractivity contribution in [2.24, 2.45) is 0 Å². The van der Waals surface area contributed by atoms with E-state index in [1.54, 1.807) is 4.90 Å². The van der Waals surface area contributed by atoms with Gasteiger partial charge in [0.1, 0.15) is 0 Å². The molecule has 1 amide bonds. The minimum atomic E-state index is -0.175. The Labute approximate surface area is 175 Å². The van der Waals surface area contributed by atoms with Gasteiger partial charge in [0.25, 0.3) is 11.5 Å². The molecule has 0 unspecified atom stereocenters. The van der Waals surface area contributed by atoms with E-state index in [1.165, 1.54) is 0 Å². The van der Waals surface area contributed by atoms with Gasteiger partial charge in [0.15, 0.2) is 0 Å². The highest BCUT2D eigenvalue weighted by Gasteiger charge is 2.20. The molecule has 4 aromatic rings. The van der Waals surface area contributed by atoms with Crippen molar-refractivity contribution in [3.8, 4) is 0 Å². The van der Waals surface area contributed by atoms with E-state index in [2.05, 4.69) is 4.98 Å². The van der Waals surface area contributed by atoms with Crippen molar-refractivity contribution in [3.05, 3.63) is 111 Å². The van der Waals surface area contributed by atoms with Gasteiger partial charge >= 0.3 is 0 Å². The number of pyridine rings is 1. The lowest BCUT2D eigenvalue weighted by atomic mass is 10.1. The number of hydrogen-bond acceptors (Lipinski definition) is 2. The summed E-state index contributed by atoms with van der Waals surface area (Å²) in [5.74, 6) is -0.131. The molecule has 0 saturated carbocycles. The fraction of sp³-hybridized carbons (Fsp3) is 0.154. The van der Waals surface area contributed by atoms with E-state index in [0.29, 0.717) is 11.1 Å². The van der Waals surface area contributed by atoms with Gasteiger partial charge in [-0.05, 0) is 67.6 Å². The average molecular weight is 396 g/mol. The minimum Gasteiger partial charge on any atom is -0.321 e. The van der Waals surface area contributed by atoms with Crippen LogP contribution in [0.15, 0.2) is 77.6 Å². The van der Waals surface area contributed by atoms with Gasteiger partial charge in [0.2, 0.25) is 0 Å². The largest absolute Gasteiger partial charge is 0.321 e. The summed E-state index contributed by atoms with van der Waals surface area (Å²) in [5.41, 5.74) is 5.67. The van der Waals surface area contributed by atoms with Crippen LogP contribution in [0, 0.1) is 20.8 Å². The molecule has 0 atom stereocenters. The van der Waals surface area contributed by atoms with Gasteiger partial charge < -0.3 is 9.88 Å². The third-order valence-electron chi connectivity index (χ3n) is 5.32. The van der Waals surface area contributed by atoms with Gasteiger partial charge in [-0.1, -0.05) is 48.0 Å². The summed E-state index contributed by atoms with van der Waals surface area (Å²) in [6.07, 6.45) is 0. The molecule has 0 radical (unpaired) electrons. The zero-order valence-corrected chi connectivity index (χ0v) is 17.4. The first-order chi connectivity index (χ1) is 14.4. The lowest BCUT2D eigenvalue weighted by Crippen LogP contribution is -2.33. The van der Waals surface area contributed by atoms with E-state index in [9.17, 15) is 9.59 Å². The predicted octanol–water partition coefficient (Wildman–Crippen LogP) is 5.30. The van der Waals surface area contributed by atoms with Crippen molar-refractivity contribution >= 4 is 22.5 Å². The molecule has 4 nitrogen and oxygen atoms in total. The smallest absolute Gasteiger partial charge is 0.258 e. The first-order valence-electron chi connectivity index (χ1n) is 9.99. The molecule has 1 aromatic heterocycles. The van der Waals surface area contributed by atoms with Crippen LogP contribution in [0.2, 0.25) is 0 Å². The predicted molar refractivity (Wildman–Crippen MR) is 122 cm³/mol. The Kier molecular flexibility index (Phi) is 5.23. The summed E-state index contributed by atoms with van der Waals surface area (Å²) in [6.45, 7) is 6.11. The number of H-pyrrole nitrogens is 1. The summed E-state index contributed by atoms with van der Waals surface area (Å²) in [4.78, 5) is 31.0. The molecule has 1 heterocycles. The SMILES string of the molecule is Cc1cccc(C(=O)N(Cc2cc3cccc(C)c3[nH]c2=O)c2cccc(C)c2)c1. The summed E-state index contributed by atoms with van der Waals surface area (Å²) in [7, 11) is 0. The lowest BCUT2D eigenvalue weighted by molar-refractivity contribution is 0.0985. The topological polar surface area (TPSA) is 53.2 Å². The molecular weight excluding hydrogens is 372 g/mol. The van der Waals surface area contributed by atoms with Crippen LogP contribution in [0.3, 0.4) is 0 Å². The van der Waals surface area contributed by atoms with Crippen LogP contribution < -0.4 is 10.5 Å². The zero-order valence-electron chi connectivity index (χ0n) is 17.4. The highest BCUT2D eigenvalue weighted by Crippen LogP contribution is 2.23. The maximum Gasteiger partial charge on any atom is 0.258 e. The van der Waals surface area contributed by atoms with Crippen LogP contribution in [0.25, 0.3) is 10.9 Å². The number of anilines is 1. The number of hydrogen-bond donors (Lipinski definition) is 1. The van der Waals surface area contributed by atoms with Crippen LogP contribution in [-0.2, 0) is 6.54 Å². The Balaban J connectivity index is 1.81. The summed E-state index contributed by atoms with van der Waals surface area (Å²) in [5, 5.41) is 0.955. The molecular formula is C26H24N2O2. The summed E-state index contributed by atoms with van der Waals surface area (Å²) in [6, 6.07) is 23.1. The second kappa shape index (κ2) is 7.99. The molecule has 1 N–H and O–H groups in total. The van der Waals surface area contributed by atoms with Crippen LogP contribution in [0.1, 0.15) is 32.6 Å². The third-order valence-corrected chi connectivity index (χ3v) is 5.32. The third kappa shape index (κ3) is 3.90. The van der Waals surface area contributed by atoms with E-state index in [0.717, 1.165) is 33.3 Å². The van der Waals surface area contributed by atoms with Gasteiger partial charge in [0.05, 0.1) is 12.1 Å². The standard InChI is InChI=1S/C26H24N2O2/c1-17-7-4-11-21(13-17)26(30)28(23-12-5-8-18(2)14-23)16-22-15-20-10-6-9-19(3)24(20)27-25(22)29/h4-15H,16H2,1-3H3,(H,27,29). The van der Waals surface area contributed by atoms with E-state index in [1.807, 2.05) is 93.6 Å². The van der Waals surface area contributed by atoms with Crippen molar-refractivity contribution in [2.45, 2.75) is 27.3 Å². The van der Waals surface area contributed by atoms with E-state index in [4.69, 9.17) is 0 Å². The quantitative estimate of drug-likeness (QED) is 0.509. The van der Waals surface area contributed by atoms with Gasteiger partial charge in [-0.15, -0.1) is 0 Å². The highest BCUT2D eigenvalue weighted by molar-refractivity contribution is 6.06.